The standard InChI is InChI=1S/C6H10O4.2K/c1-4(6(9)10)2-3-5(7)8;;/h4H,2-3H2,1H3,(H,7,8)(H,9,10);;/q;2*+1/p-2. The van der Waals surface area contributed by atoms with Gasteiger partial charge in [0.15, 0.2) is 0 Å². The van der Waals surface area contributed by atoms with Crippen LogP contribution in [-0.4, -0.2) is 11.9 Å². The van der Waals surface area contributed by atoms with Crippen molar-refractivity contribution in [1.82, 2.24) is 0 Å². The van der Waals surface area contributed by atoms with Gasteiger partial charge in [-0.25, -0.2) is 0 Å². The molecule has 12 heavy (non-hydrogen) atoms. The summed E-state index contributed by atoms with van der Waals surface area (Å²) in [4.78, 5) is 19.8. The summed E-state index contributed by atoms with van der Waals surface area (Å²) in [6.07, 6.45) is -0.153. The van der Waals surface area contributed by atoms with E-state index in [1.165, 1.54) is 6.92 Å². The Morgan fingerprint density at radius 1 is 1.25 bits per heavy atom. The number of aliphatic carboxylic acids is 2. The van der Waals surface area contributed by atoms with Crippen LogP contribution in [0, 0.1) is 5.92 Å². The number of hydrogen-bond donors (Lipinski definition) is 0. The Morgan fingerprint density at radius 3 is 1.92 bits per heavy atom. The molecular formula is C6H8K2O4. The van der Waals surface area contributed by atoms with Gasteiger partial charge in [-0.2, -0.15) is 0 Å². The SMILES string of the molecule is CC(CCC(=O)[O-])C(=O)[O-].[K+].[K+]. The number of carboxylic acids is 2. The van der Waals surface area contributed by atoms with Gasteiger partial charge in [-0.1, -0.05) is 6.92 Å². The van der Waals surface area contributed by atoms with Gasteiger partial charge in [-0.05, 0) is 18.8 Å². The van der Waals surface area contributed by atoms with Crippen molar-refractivity contribution in [3.63, 3.8) is 0 Å². The molecule has 0 saturated carbocycles. The van der Waals surface area contributed by atoms with Gasteiger partial charge in [0.05, 0.1) is 0 Å². The van der Waals surface area contributed by atoms with Gasteiger partial charge < -0.3 is 19.8 Å². The fourth-order valence-corrected chi connectivity index (χ4v) is 0.452. The smallest absolute Gasteiger partial charge is 0.550 e. The van der Waals surface area contributed by atoms with Crippen molar-refractivity contribution in [3.8, 4) is 0 Å². The minimum absolute atomic E-state index is 0. The zero-order valence-corrected chi connectivity index (χ0v) is 13.9. The largest absolute Gasteiger partial charge is 1.00 e. The van der Waals surface area contributed by atoms with Crippen molar-refractivity contribution in [2.24, 2.45) is 5.92 Å². The zero-order chi connectivity index (χ0) is 8.15. The zero-order valence-electron chi connectivity index (χ0n) is 7.62. The van der Waals surface area contributed by atoms with Crippen LogP contribution in [0.2, 0.25) is 0 Å². The first-order chi connectivity index (χ1) is 4.54. The first kappa shape index (κ1) is 19.7. The molecule has 0 spiro atoms. The Bertz CT molecular complexity index is 148. The Hall–Kier alpha value is 2.21. The second-order valence-electron chi connectivity index (χ2n) is 2.13. The van der Waals surface area contributed by atoms with E-state index in [1.54, 1.807) is 0 Å². The van der Waals surface area contributed by atoms with E-state index in [0.29, 0.717) is 0 Å². The summed E-state index contributed by atoms with van der Waals surface area (Å²) < 4.78 is 0. The third-order valence-corrected chi connectivity index (χ3v) is 1.18. The molecule has 0 saturated heterocycles. The summed E-state index contributed by atoms with van der Waals surface area (Å²) in [5, 5.41) is 19.8. The third kappa shape index (κ3) is 12.2. The van der Waals surface area contributed by atoms with Gasteiger partial charge >= 0.3 is 103 Å². The minimum atomic E-state index is -1.23. The number of carboxylic acid groups (broad SMARTS) is 2. The van der Waals surface area contributed by atoms with Crippen LogP contribution >= 0.6 is 0 Å². The Balaban J connectivity index is -0.000000405. The van der Waals surface area contributed by atoms with E-state index in [-0.39, 0.29) is 116 Å². The summed E-state index contributed by atoms with van der Waals surface area (Å²) in [5.41, 5.74) is 0. The van der Waals surface area contributed by atoms with Crippen molar-refractivity contribution in [2.45, 2.75) is 19.8 Å². The topological polar surface area (TPSA) is 80.3 Å². The Kier molecular flexibility index (Phi) is 18.6. The van der Waals surface area contributed by atoms with Gasteiger partial charge in [-0.3, -0.25) is 0 Å². The van der Waals surface area contributed by atoms with Crippen molar-refractivity contribution in [1.29, 1.82) is 0 Å². The first-order valence-corrected chi connectivity index (χ1v) is 2.94. The molecule has 58 valence electrons. The molecule has 0 heterocycles. The summed E-state index contributed by atoms with van der Waals surface area (Å²) in [5.74, 6) is -3.16. The molecule has 0 aliphatic carbocycles. The molecule has 0 bridgehead atoms. The molecule has 6 heteroatoms. The van der Waals surface area contributed by atoms with Gasteiger partial charge in [0.1, 0.15) is 0 Å². The van der Waals surface area contributed by atoms with Crippen LogP contribution in [0.25, 0.3) is 0 Å². The molecular weight excluding hydrogens is 214 g/mol. The van der Waals surface area contributed by atoms with Gasteiger partial charge in [-0.15, -0.1) is 0 Å². The Labute approximate surface area is 156 Å². The van der Waals surface area contributed by atoms with Crippen molar-refractivity contribution in [3.05, 3.63) is 0 Å². The predicted molar refractivity (Wildman–Crippen MR) is 28.4 cm³/mol. The molecule has 0 N–H and O–H groups in total. The van der Waals surface area contributed by atoms with E-state index in [1.807, 2.05) is 0 Å². The number of hydrogen-bond acceptors (Lipinski definition) is 4. The summed E-state index contributed by atoms with van der Waals surface area (Å²) in [7, 11) is 0. The fourth-order valence-electron chi connectivity index (χ4n) is 0.452. The minimum Gasteiger partial charge on any atom is -0.550 e. The van der Waals surface area contributed by atoms with Crippen LogP contribution < -0.4 is 113 Å². The van der Waals surface area contributed by atoms with Crippen LogP contribution in [0.4, 0.5) is 0 Å². The third-order valence-electron chi connectivity index (χ3n) is 1.18. The van der Waals surface area contributed by atoms with E-state index in [2.05, 4.69) is 0 Å². The monoisotopic (exact) mass is 222 g/mol. The average molecular weight is 222 g/mol. The van der Waals surface area contributed by atoms with E-state index >= 15 is 0 Å². The van der Waals surface area contributed by atoms with Crippen LogP contribution in [0.3, 0.4) is 0 Å². The number of rotatable bonds is 4. The molecule has 0 fully saturated rings. The van der Waals surface area contributed by atoms with Crippen LogP contribution in [-0.2, 0) is 9.59 Å². The number of carbonyl (C=O) groups excluding carboxylic acids is 2. The van der Waals surface area contributed by atoms with Crippen LogP contribution in [0.5, 0.6) is 0 Å². The summed E-state index contributed by atoms with van der Waals surface area (Å²) in [6, 6.07) is 0. The molecule has 1 atom stereocenters. The first-order valence-electron chi connectivity index (χ1n) is 2.94. The maximum atomic E-state index is 9.99. The van der Waals surface area contributed by atoms with Crippen molar-refractivity contribution < 1.29 is 123 Å². The molecule has 0 radical (unpaired) electrons. The average Bonchev–Trinajstić information content (AvgIpc) is 1.82. The summed E-state index contributed by atoms with van der Waals surface area (Å²) in [6.45, 7) is 1.40. The molecule has 0 rings (SSSR count). The molecule has 1 unspecified atom stereocenters. The van der Waals surface area contributed by atoms with Gasteiger partial charge in [0, 0.05) is 11.9 Å². The quantitative estimate of drug-likeness (QED) is 0.443. The molecule has 0 aromatic rings. The van der Waals surface area contributed by atoms with E-state index in [4.69, 9.17) is 0 Å². The molecule has 0 aliphatic heterocycles. The van der Waals surface area contributed by atoms with Crippen LogP contribution in [0.1, 0.15) is 19.8 Å². The van der Waals surface area contributed by atoms with Gasteiger partial charge in [0.25, 0.3) is 0 Å². The van der Waals surface area contributed by atoms with E-state index in [9.17, 15) is 19.8 Å². The van der Waals surface area contributed by atoms with Crippen molar-refractivity contribution >= 4 is 11.9 Å². The normalized spacial score (nSPS) is 10.4. The maximum absolute atomic E-state index is 9.99. The second-order valence-corrected chi connectivity index (χ2v) is 2.13. The number of carbonyl (C=O) groups is 2. The molecule has 0 aromatic carbocycles. The maximum Gasteiger partial charge on any atom is 1.00 e. The predicted octanol–water partition coefficient (Wildman–Crippen LogP) is -8.09. The molecule has 0 aliphatic rings. The van der Waals surface area contributed by atoms with E-state index in [0.717, 1.165) is 0 Å². The van der Waals surface area contributed by atoms with Crippen molar-refractivity contribution in [2.75, 3.05) is 0 Å². The second kappa shape index (κ2) is 11.3. The van der Waals surface area contributed by atoms with Crippen LogP contribution in [0.15, 0.2) is 0 Å². The molecule has 0 amide bonds. The Morgan fingerprint density at radius 2 is 1.67 bits per heavy atom. The summed E-state index contributed by atoms with van der Waals surface area (Å²) >= 11 is 0. The molecule has 4 nitrogen and oxygen atoms in total. The van der Waals surface area contributed by atoms with E-state index < -0.39 is 17.9 Å². The molecule has 0 aromatic heterocycles. The fraction of sp³-hybridized carbons (Fsp3) is 0.667. The van der Waals surface area contributed by atoms with Gasteiger partial charge in [0.2, 0.25) is 0 Å².